The van der Waals surface area contributed by atoms with Gasteiger partial charge in [0.05, 0.1) is 18.7 Å². The molecule has 0 unspecified atom stereocenters. The molecule has 0 aliphatic carbocycles. The van der Waals surface area contributed by atoms with Gasteiger partial charge in [0.15, 0.2) is 0 Å². The Balaban J connectivity index is 2.86. The van der Waals surface area contributed by atoms with Crippen LogP contribution in [0, 0.1) is 0 Å². The van der Waals surface area contributed by atoms with Gasteiger partial charge in [-0.2, -0.15) is 0 Å². The first-order valence-corrected chi connectivity index (χ1v) is 5.11. The molecule has 0 amide bonds. The van der Waals surface area contributed by atoms with E-state index in [9.17, 15) is 13.6 Å². The lowest BCUT2D eigenvalue weighted by Crippen LogP contribution is -2.12. The van der Waals surface area contributed by atoms with Gasteiger partial charge in [0.25, 0.3) is 6.43 Å². The third kappa shape index (κ3) is 3.67. The first kappa shape index (κ1) is 13.4. The van der Waals surface area contributed by atoms with Crippen LogP contribution >= 0.6 is 0 Å². The van der Waals surface area contributed by atoms with Crippen molar-refractivity contribution in [2.75, 3.05) is 12.0 Å². The molecule has 0 spiro atoms. The van der Waals surface area contributed by atoms with Gasteiger partial charge >= 0.3 is 5.97 Å². The van der Waals surface area contributed by atoms with Crippen LogP contribution in [0.1, 0.15) is 24.5 Å². The van der Waals surface area contributed by atoms with Crippen LogP contribution in [-0.2, 0) is 16.0 Å². The first-order valence-electron chi connectivity index (χ1n) is 5.11. The molecule has 4 nitrogen and oxygen atoms in total. The van der Waals surface area contributed by atoms with Crippen molar-refractivity contribution in [2.45, 2.75) is 19.8 Å². The van der Waals surface area contributed by atoms with Crippen molar-refractivity contribution in [1.82, 2.24) is 0 Å². The number of rotatable bonds is 5. The number of nitrogens with one attached hydrogen (secondary N) is 1. The van der Waals surface area contributed by atoms with Crippen molar-refractivity contribution < 1.29 is 18.3 Å². The van der Waals surface area contributed by atoms with E-state index in [0.717, 1.165) is 0 Å². The Morgan fingerprint density at radius 2 is 2.24 bits per heavy atom. The van der Waals surface area contributed by atoms with E-state index in [1.165, 1.54) is 18.2 Å². The van der Waals surface area contributed by atoms with Crippen molar-refractivity contribution in [2.24, 2.45) is 5.84 Å². The highest BCUT2D eigenvalue weighted by Gasteiger charge is 2.14. The zero-order valence-electron chi connectivity index (χ0n) is 9.37. The number of hydrogen-bond acceptors (Lipinski definition) is 4. The Bertz CT molecular complexity index is 397. The summed E-state index contributed by atoms with van der Waals surface area (Å²) in [5, 5.41) is 0. The summed E-state index contributed by atoms with van der Waals surface area (Å²) in [6.45, 7) is 1.99. The van der Waals surface area contributed by atoms with Gasteiger partial charge in [0, 0.05) is 5.56 Å². The summed E-state index contributed by atoms with van der Waals surface area (Å²) in [4.78, 5) is 11.2. The number of hydrazine groups is 1. The molecule has 0 atom stereocenters. The number of halogens is 2. The van der Waals surface area contributed by atoms with E-state index < -0.39 is 12.4 Å². The van der Waals surface area contributed by atoms with Crippen molar-refractivity contribution in [3.63, 3.8) is 0 Å². The lowest BCUT2D eigenvalue weighted by Gasteiger charge is -2.10. The summed E-state index contributed by atoms with van der Waals surface area (Å²) in [6, 6.07) is 4.12. The molecule has 94 valence electrons. The maximum Gasteiger partial charge on any atom is 0.310 e. The number of nitrogens with two attached hydrogens (primary N) is 1. The average Bonchev–Trinajstić information content (AvgIpc) is 2.28. The van der Waals surface area contributed by atoms with Crippen LogP contribution in [0.3, 0.4) is 0 Å². The van der Waals surface area contributed by atoms with Gasteiger partial charge in [-0.3, -0.25) is 10.6 Å². The van der Waals surface area contributed by atoms with Crippen molar-refractivity contribution in [1.29, 1.82) is 0 Å². The summed E-state index contributed by atoms with van der Waals surface area (Å²) in [7, 11) is 0. The number of hydrogen-bond donors (Lipinski definition) is 2. The van der Waals surface area contributed by atoms with E-state index in [-0.39, 0.29) is 24.3 Å². The monoisotopic (exact) mass is 244 g/mol. The number of ether oxygens (including phenoxy) is 1. The Kier molecular flexibility index (Phi) is 4.84. The smallest absolute Gasteiger partial charge is 0.310 e. The molecule has 0 saturated heterocycles. The third-order valence-corrected chi connectivity index (χ3v) is 2.16. The molecular weight excluding hydrogens is 230 g/mol. The summed E-state index contributed by atoms with van der Waals surface area (Å²) in [5.41, 5.74) is 2.68. The quantitative estimate of drug-likeness (QED) is 0.472. The van der Waals surface area contributed by atoms with Crippen LogP contribution < -0.4 is 11.3 Å². The lowest BCUT2D eigenvalue weighted by molar-refractivity contribution is -0.142. The predicted molar refractivity (Wildman–Crippen MR) is 59.5 cm³/mol. The maximum absolute atomic E-state index is 12.5. The van der Waals surface area contributed by atoms with Crippen LogP contribution in [0.4, 0.5) is 14.5 Å². The minimum atomic E-state index is -2.61. The topological polar surface area (TPSA) is 64.3 Å². The Hall–Kier alpha value is -1.69. The predicted octanol–water partition coefficient (Wildman–Crippen LogP) is 2.02. The molecular formula is C11H14F2N2O2. The fourth-order valence-electron chi connectivity index (χ4n) is 1.41. The second-order valence-electron chi connectivity index (χ2n) is 3.35. The summed E-state index contributed by atoms with van der Waals surface area (Å²) < 4.78 is 29.8. The second-order valence-corrected chi connectivity index (χ2v) is 3.35. The number of nitrogen functional groups attached to an aromatic ring is 1. The van der Waals surface area contributed by atoms with Gasteiger partial charge < -0.3 is 10.2 Å². The van der Waals surface area contributed by atoms with E-state index >= 15 is 0 Å². The van der Waals surface area contributed by atoms with E-state index in [0.29, 0.717) is 5.56 Å². The summed E-state index contributed by atoms with van der Waals surface area (Å²) in [5.74, 6) is 4.74. The minimum absolute atomic E-state index is 0.0338. The Morgan fingerprint density at radius 1 is 1.53 bits per heavy atom. The fraction of sp³-hybridized carbons (Fsp3) is 0.364. The average molecular weight is 244 g/mol. The van der Waals surface area contributed by atoms with Crippen LogP contribution in [0.2, 0.25) is 0 Å². The van der Waals surface area contributed by atoms with Gasteiger partial charge in [-0.15, -0.1) is 0 Å². The minimum Gasteiger partial charge on any atom is -0.466 e. The number of carbonyl (C=O) groups is 1. The summed E-state index contributed by atoms with van der Waals surface area (Å²) in [6.07, 6.45) is -2.58. The first-order chi connectivity index (χ1) is 8.08. The zero-order chi connectivity index (χ0) is 12.8. The molecule has 17 heavy (non-hydrogen) atoms. The Morgan fingerprint density at radius 3 is 2.76 bits per heavy atom. The number of carbonyl (C=O) groups excluding carboxylic acids is 1. The van der Waals surface area contributed by atoms with Crippen molar-refractivity contribution >= 4 is 11.7 Å². The van der Waals surface area contributed by atoms with Crippen LogP contribution in [0.15, 0.2) is 18.2 Å². The molecule has 0 radical (unpaired) electrons. The highest BCUT2D eigenvalue weighted by molar-refractivity contribution is 5.73. The molecule has 0 bridgehead atoms. The van der Waals surface area contributed by atoms with E-state index in [4.69, 9.17) is 10.6 Å². The van der Waals surface area contributed by atoms with Gasteiger partial charge in [-0.1, -0.05) is 12.1 Å². The standard InChI is InChI=1S/C11H14F2N2O2/c1-2-17-10(16)6-7-3-4-8(11(12)13)9(5-7)15-14/h3-5,11,15H,2,6,14H2,1H3. The molecule has 1 rings (SSSR count). The van der Waals surface area contributed by atoms with Gasteiger partial charge in [0.1, 0.15) is 0 Å². The molecule has 0 aliphatic heterocycles. The summed E-state index contributed by atoms with van der Waals surface area (Å²) >= 11 is 0. The lowest BCUT2D eigenvalue weighted by atomic mass is 10.1. The van der Waals surface area contributed by atoms with E-state index in [2.05, 4.69) is 5.43 Å². The fourth-order valence-corrected chi connectivity index (χ4v) is 1.41. The Labute approximate surface area is 97.7 Å². The number of esters is 1. The van der Waals surface area contributed by atoms with Crippen LogP contribution in [0.25, 0.3) is 0 Å². The largest absolute Gasteiger partial charge is 0.466 e. The maximum atomic E-state index is 12.5. The molecule has 0 aromatic heterocycles. The van der Waals surface area contributed by atoms with Crippen molar-refractivity contribution in [3.05, 3.63) is 29.3 Å². The molecule has 6 heteroatoms. The molecule has 0 heterocycles. The molecule has 0 saturated carbocycles. The van der Waals surface area contributed by atoms with E-state index in [1.807, 2.05) is 0 Å². The van der Waals surface area contributed by atoms with Crippen LogP contribution in [-0.4, -0.2) is 12.6 Å². The third-order valence-electron chi connectivity index (χ3n) is 2.16. The number of benzene rings is 1. The molecule has 0 fully saturated rings. The van der Waals surface area contributed by atoms with Crippen molar-refractivity contribution in [3.8, 4) is 0 Å². The van der Waals surface area contributed by atoms with E-state index in [1.54, 1.807) is 6.92 Å². The second kappa shape index (κ2) is 6.15. The molecule has 1 aromatic carbocycles. The molecule has 1 aromatic rings. The molecule has 0 aliphatic rings. The van der Waals surface area contributed by atoms with Gasteiger partial charge in [0.2, 0.25) is 0 Å². The van der Waals surface area contributed by atoms with Gasteiger partial charge in [-0.05, 0) is 18.6 Å². The highest BCUT2D eigenvalue weighted by Crippen LogP contribution is 2.27. The normalized spacial score (nSPS) is 10.4. The van der Waals surface area contributed by atoms with Gasteiger partial charge in [-0.25, -0.2) is 8.78 Å². The zero-order valence-corrected chi connectivity index (χ0v) is 9.37. The SMILES string of the molecule is CCOC(=O)Cc1ccc(C(F)F)c(NN)c1. The number of alkyl halides is 2. The number of anilines is 1. The molecule has 3 N–H and O–H groups in total. The van der Waals surface area contributed by atoms with Crippen LogP contribution in [0.5, 0.6) is 0 Å². The highest BCUT2D eigenvalue weighted by atomic mass is 19.3.